The Bertz CT molecular complexity index is 777. The van der Waals surface area contributed by atoms with Crippen LogP contribution < -0.4 is 14.4 Å². The maximum Gasteiger partial charge on any atom is 0.355 e. The lowest BCUT2D eigenvalue weighted by molar-refractivity contribution is -0.139. The first kappa shape index (κ1) is 15.7. The molecule has 2 aliphatic rings. The summed E-state index contributed by atoms with van der Waals surface area (Å²) >= 11 is 0. The van der Waals surface area contributed by atoms with E-state index in [0.29, 0.717) is 17.2 Å². The van der Waals surface area contributed by atoms with Gasteiger partial charge in [0, 0.05) is 6.20 Å². The topological polar surface area (TPSA) is 74.3 Å². The maximum atomic E-state index is 12.4. The summed E-state index contributed by atoms with van der Waals surface area (Å²) in [6.45, 7) is 0.0866. The average Bonchev–Trinajstić information content (AvgIpc) is 2.99. The molecule has 0 fully saturated rings. The van der Waals surface area contributed by atoms with Gasteiger partial charge in [-0.3, -0.25) is 0 Å². The molecule has 3 rings (SSSR count). The lowest BCUT2D eigenvalue weighted by atomic mass is 10.1. The maximum absolute atomic E-state index is 12.4. The predicted octanol–water partition coefficient (Wildman–Crippen LogP) is 1.91. The standard InChI is InChI=1S/C17H15NO6/c1-21-16(19)11-6-3-4-9-18(14(11)17(20)22-2)12-7-5-8-13-15(12)24-10-23-13/h3-9H,10H2,1-2H3. The van der Waals surface area contributed by atoms with E-state index in [9.17, 15) is 9.59 Å². The highest BCUT2D eigenvalue weighted by molar-refractivity contribution is 6.05. The summed E-state index contributed by atoms with van der Waals surface area (Å²) in [4.78, 5) is 26.0. The lowest BCUT2D eigenvalue weighted by Crippen LogP contribution is -2.27. The van der Waals surface area contributed by atoms with Crippen LogP contribution in [0.2, 0.25) is 0 Å². The second-order valence-electron chi connectivity index (χ2n) is 4.83. The zero-order valence-electron chi connectivity index (χ0n) is 13.1. The smallest absolute Gasteiger partial charge is 0.355 e. The van der Waals surface area contributed by atoms with Crippen LogP contribution in [0.15, 0.2) is 53.9 Å². The summed E-state index contributed by atoms with van der Waals surface area (Å²) in [6, 6.07) is 5.27. The quantitative estimate of drug-likeness (QED) is 0.784. The third-order valence-electron chi connectivity index (χ3n) is 3.52. The van der Waals surface area contributed by atoms with Gasteiger partial charge in [0.25, 0.3) is 0 Å². The molecule has 1 aromatic rings. The number of ether oxygens (including phenoxy) is 4. The Hall–Kier alpha value is -3.22. The molecule has 2 heterocycles. The lowest BCUT2D eigenvalue weighted by Gasteiger charge is -2.23. The first-order chi connectivity index (χ1) is 11.7. The van der Waals surface area contributed by atoms with Crippen LogP contribution in [0.1, 0.15) is 0 Å². The number of fused-ring (bicyclic) bond motifs is 1. The van der Waals surface area contributed by atoms with Gasteiger partial charge in [0.15, 0.2) is 11.5 Å². The van der Waals surface area contributed by atoms with Gasteiger partial charge in [0.1, 0.15) is 5.70 Å². The van der Waals surface area contributed by atoms with Gasteiger partial charge in [-0.25, -0.2) is 9.59 Å². The van der Waals surface area contributed by atoms with E-state index in [1.165, 1.54) is 25.2 Å². The average molecular weight is 329 g/mol. The highest BCUT2D eigenvalue weighted by atomic mass is 16.7. The van der Waals surface area contributed by atoms with Gasteiger partial charge in [-0.15, -0.1) is 0 Å². The third kappa shape index (κ3) is 2.60. The van der Waals surface area contributed by atoms with Crippen molar-refractivity contribution < 1.29 is 28.5 Å². The van der Waals surface area contributed by atoms with Crippen LogP contribution >= 0.6 is 0 Å². The second kappa shape index (κ2) is 6.49. The minimum atomic E-state index is -0.678. The van der Waals surface area contributed by atoms with Crippen LogP contribution in [0.5, 0.6) is 11.5 Å². The van der Waals surface area contributed by atoms with Gasteiger partial charge in [-0.1, -0.05) is 12.1 Å². The summed E-state index contributed by atoms with van der Waals surface area (Å²) < 4.78 is 20.5. The van der Waals surface area contributed by atoms with Crippen molar-refractivity contribution in [2.75, 3.05) is 25.9 Å². The van der Waals surface area contributed by atoms with Crippen LogP contribution in [-0.2, 0) is 19.1 Å². The Kier molecular flexibility index (Phi) is 4.24. The minimum Gasteiger partial charge on any atom is -0.465 e. The number of para-hydroxylation sites is 1. The number of esters is 2. The zero-order chi connectivity index (χ0) is 17.1. The first-order valence-corrected chi connectivity index (χ1v) is 7.11. The molecule has 0 N–H and O–H groups in total. The van der Waals surface area contributed by atoms with Crippen molar-refractivity contribution in [2.45, 2.75) is 0 Å². The number of anilines is 1. The minimum absolute atomic E-state index is 0.0262. The predicted molar refractivity (Wildman–Crippen MR) is 84.4 cm³/mol. The third-order valence-corrected chi connectivity index (χ3v) is 3.52. The Balaban J connectivity index is 2.20. The molecule has 0 atom stereocenters. The van der Waals surface area contributed by atoms with E-state index >= 15 is 0 Å². The van der Waals surface area contributed by atoms with Gasteiger partial charge < -0.3 is 23.8 Å². The fourth-order valence-electron chi connectivity index (χ4n) is 2.46. The Labute approximate surface area is 138 Å². The molecule has 0 unspecified atom stereocenters. The van der Waals surface area contributed by atoms with Crippen LogP contribution in [0.3, 0.4) is 0 Å². The van der Waals surface area contributed by atoms with Gasteiger partial charge in [0.05, 0.1) is 25.5 Å². The number of nitrogens with zero attached hydrogens (tertiary/aromatic N) is 1. The SMILES string of the molecule is COC(=O)C1=C(C(=O)OC)N(c2cccc3c2OCO3)C=CC=C1. The molecule has 0 aliphatic carbocycles. The van der Waals surface area contributed by atoms with Crippen molar-refractivity contribution in [1.82, 2.24) is 0 Å². The molecular weight excluding hydrogens is 314 g/mol. The van der Waals surface area contributed by atoms with E-state index < -0.39 is 11.9 Å². The zero-order valence-corrected chi connectivity index (χ0v) is 13.1. The van der Waals surface area contributed by atoms with Crippen molar-refractivity contribution in [1.29, 1.82) is 0 Å². The van der Waals surface area contributed by atoms with Crippen molar-refractivity contribution in [3.05, 3.63) is 53.9 Å². The summed E-state index contributed by atoms with van der Waals surface area (Å²) in [5, 5.41) is 0. The number of methoxy groups -OCH3 is 2. The normalized spacial score (nSPS) is 15.3. The summed E-state index contributed by atoms with van der Waals surface area (Å²) in [5.74, 6) is -0.287. The molecule has 2 aliphatic heterocycles. The van der Waals surface area contributed by atoms with Gasteiger partial charge in [-0.05, 0) is 24.3 Å². The molecule has 124 valence electrons. The Morgan fingerprint density at radius 3 is 2.62 bits per heavy atom. The molecule has 7 nitrogen and oxygen atoms in total. The molecule has 0 amide bonds. The van der Waals surface area contributed by atoms with Crippen molar-refractivity contribution in [2.24, 2.45) is 0 Å². The van der Waals surface area contributed by atoms with E-state index in [1.54, 1.807) is 36.6 Å². The fourth-order valence-corrected chi connectivity index (χ4v) is 2.46. The molecule has 7 heteroatoms. The molecule has 0 spiro atoms. The number of carbonyl (C=O) groups excluding carboxylic acids is 2. The summed E-state index contributed by atoms with van der Waals surface area (Å²) in [5.41, 5.74) is 0.649. The molecule has 1 aromatic carbocycles. The van der Waals surface area contributed by atoms with Crippen LogP contribution in [0.25, 0.3) is 0 Å². The van der Waals surface area contributed by atoms with Crippen molar-refractivity contribution in [3.63, 3.8) is 0 Å². The summed E-state index contributed by atoms with van der Waals surface area (Å²) in [7, 11) is 2.49. The van der Waals surface area contributed by atoms with Crippen LogP contribution in [-0.4, -0.2) is 33.0 Å². The molecule has 0 radical (unpaired) electrons. The fraction of sp³-hybridized carbons (Fsp3) is 0.176. The second-order valence-corrected chi connectivity index (χ2v) is 4.83. The van der Waals surface area contributed by atoms with Crippen LogP contribution in [0.4, 0.5) is 5.69 Å². The number of hydrogen-bond donors (Lipinski definition) is 0. The van der Waals surface area contributed by atoms with E-state index in [-0.39, 0.29) is 18.1 Å². The van der Waals surface area contributed by atoms with Crippen molar-refractivity contribution >= 4 is 17.6 Å². The van der Waals surface area contributed by atoms with E-state index in [1.807, 2.05) is 0 Å². The molecule has 0 saturated carbocycles. The van der Waals surface area contributed by atoms with E-state index in [2.05, 4.69) is 0 Å². The molecular formula is C17H15NO6. The largest absolute Gasteiger partial charge is 0.465 e. The highest BCUT2D eigenvalue weighted by Gasteiger charge is 2.30. The van der Waals surface area contributed by atoms with Gasteiger partial charge in [-0.2, -0.15) is 0 Å². The van der Waals surface area contributed by atoms with E-state index in [0.717, 1.165) is 0 Å². The number of benzene rings is 1. The molecule has 0 saturated heterocycles. The first-order valence-electron chi connectivity index (χ1n) is 7.11. The monoisotopic (exact) mass is 329 g/mol. The summed E-state index contributed by atoms with van der Waals surface area (Å²) in [6.07, 6.45) is 6.45. The number of hydrogen-bond acceptors (Lipinski definition) is 7. The van der Waals surface area contributed by atoms with Gasteiger partial charge in [0.2, 0.25) is 6.79 Å². The Morgan fingerprint density at radius 1 is 1.08 bits per heavy atom. The van der Waals surface area contributed by atoms with Gasteiger partial charge >= 0.3 is 11.9 Å². The number of allylic oxidation sites excluding steroid dienone is 2. The number of rotatable bonds is 3. The highest BCUT2D eigenvalue weighted by Crippen LogP contribution is 2.43. The van der Waals surface area contributed by atoms with Crippen molar-refractivity contribution in [3.8, 4) is 11.5 Å². The molecule has 0 aromatic heterocycles. The van der Waals surface area contributed by atoms with Crippen LogP contribution in [0, 0.1) is 0 Å². The Morgan fingerprint density at radius 2 is 1.88 bits per heavy atom. The van der Waals surface area contributed by atoms with E-state index in [4.69, 9.17) is 18.9 Å². The molecule has 24 heavy (non-hydrogen) atoms. The number of carbonyl (C=O) groups is 2. The molecule has 0 bridgehead atoms.